The van der Waals surface area contributed by atoms with E-state index in [1.165, 1.54) is 0 Å². The SMILES string of the molecule is C[C@@H](NC1CC1)[C@@H](O)c1cccc(NS(C)(=O)=O)c1.Cl. The lowest BCUT2D eigenvalue weighted by Gasteiger charge is -2.21. The first-order valence-electron chi connectivity index (χ1n) is 6.37. The molecule has 0 saturated heterocycles. The van der Waals surface area contributed by atoms with Gasteiger partial charge in [-0.15, -0.1) is 12.4 Å². The molecule has 1 aromatic carbocycles. The molecule has 1 aliphatic rings. The summed E-state index contributed by atoms with van der Waals surface area (Å²) in [5.41, 5.74) is 1.17. The molecule has 1 fully saturated rings. The van der Waals surface area contributed by atoms with Crippen LogP contribution in [0.2, 0.25) is 0 Å². The number of sulfonamides is 1. The molecule has 0 aromatic heterocycles. The molecule has 1 aromatic rings. The van der Waals surface area contributed by atoms with Gasteiger partial charge in [-0.05, 0) is 37.5 Å². The Kier molecular flexibility index (Phi) is 5.82. The van der Waals surface area contributed by atoms with E-state index in [1.807, 2.05) is 6.92 Å². The van der Waals surface area contributed by atoms with Crippen molar-refractivity contribution in [1.29, 1.82) is 0 Å². The quantitative estimate of drug-likeness (QED) is 0.745. The zero-order chi connectivity index (χ0) is 14.0. The van der Waals surface area contributed by atoms with Crippen LogP contribution in [0.15, 0.2) is 24.3 Å². The lowest BCUT2D eigenvalue weighted by molar-refractivity contribution is 0.135. The highest BCUT2D eigenvalue weighted by Crippen LogP contribution is 2.25. The van der Waals surface area contributed by atoms with Crippen LogP contribution in [-0.4, -0.2) is 31.9 Å². The topological polar surface area (TPSA) is 78.4 Å². The molecule has 0 radical (unpaired) electrons. The van der Waals surface area contributed by atoms with Crippen molar-refractivity contribution in [2.24, 2.45) is 0 Å². The smallest absolute Gasteiger partial charge is 0.229 e. The van der Waals surface area contributed by atoms with Crippen molar-refractivity contribution in [2.45, 2.75) is 38.0 Å². The Morgan fingerprint density at radius 1 is 1.35 bits per heavy atom. The summed E-state index contributed by atoms with van der Waals surface area (Å²) in [5.74, 6) is 0. The third-order valence-corrected chi connectivity index (χ3v) is 3.69. The third kappa shape index (κ3) is 5.28. The third-order valence-electron chi connectivity index (χ3n) is 3.08. The molecule has 20 heavy (non-hydrogen) atoms. The van der Waals surface area contributed by atoms with E-state index in [-0.39, 0.29) is 18.4 Å². The maximum absolute atomic E-state index is 11.2. The second-order valence-electron chi connectivity index (χ2n) is 5.17. The van der Waals surface area contributed by atoms with Crippen molar-refractivity contribution in [2.75, 3.05) is 11.0 Å². The first kappa shape index (κ1) is 17.2. The van der Waals surface area contributed by atoms with Crippen LogP contribution in [0.4, 0.5) is 5.69 Å². The summed E-state index contributed by atoms with van der Waals surface area (Å²) in [6.07, 6.45) is 2.77. The maximum Gasteiger partial charge on any atom is 0.229 e. The number of halogens is 1. The Bertz CT molecular complexity index is 546. The van der Waals surface area contributed by atoms with Crippen molar-refractivity contribution >= 4 is 28.1 Å². The first-order chi connectivity index (χ1) is 8.85. The fourth-order valence-corrected chi connectivity index (χ4v) is 2.56. The largest absolute Gasteiger partial charge is 0.387 e. The molecule has 0 amide bonds. The summed E-state index contributed by atoms with van der Waals surface area (Å²) in [7, 11) is -3.30. The maximum atomic E-state index is 11.2. The van der Waals surface area contributed by atoms with Gasteiger partial charge >= 0.3 is 0 Å². The fourth-order valence-electron chi connectivity index (χ4n) is 2.00. The molecule has 1 aliphatic carbocycles. The Labute approximate surface area is 126 Å². The molecule has 3 N–H and O–H groups in total. The first-order valence-corrected chi connectivity index (χ1v) is 8.26. The van der Waals surface area contributed by atoms with Crippen LogP contribution in [0.3, 0.4) is 0 Å². The van der Waals surface area contributed by atoms with E-state index in [2.05, 4.69) is 10.0 Å². The predicted octanol–water partition coefficient (Wildman–Crippen LogP) is 1.65. The van der Waals surface area contributed by atoms with E-state index in [1.54, 1.807) is 24.3 Å². The summed E-state index contributed by atoms with van der Waals surface area (Å²) in [5, 5.41) is 13.6. The number of aliphatic hydroxyl groups excluding tert-OH is 1. The van der Waals surface area contributed by atoms with E-state index < -0.39 is 16.1 Å². The Hall–Kier alpha value is -0.820. The Morgan fingerprint density at radius 3 is 2.55 bits per heavy atom. The molecule has 2 atom stereocenters. The molecular weight excluding hydrogens is 300 g/mol. The molecule has 2 rings (SSSR count). The molecular formula is C13H21ClN2O3S. The van der Waals surface area contributed by atoms with Crippen LogP contribution in [0.25, 0.3) is 0 Å². The summed E-state index contributed by atoms with van der Waals surface area (Å²) in [4.78, 5) is 0. The lowest BCUT2D eigenvalue weighted by Crippen LogP contribution is -2.33. The van der Waals surface area contributed by atoms with Crippen LogP contribution in [0.5, 0.6) is 0 Å². The fraction of sp³-hybridized carbons (Fsp3) is 0.538. The monoisotopic (exact) mass is 320 g/mol. The molecule has 1 saturated carbocycles. The average Bonchev–Trinajstić information content (AvgIpc) is 3.10. The Morgan fingerprint density at radius 2 is 2.00 bits per heavy atom. The van der Waals surface area contributed by atoms with Gasteiger partial charge in [0, 0.05) is 17.8 Å². The van der Waals surface area contributed by atoms with Crippen molar-refractivity contribution in [3.05, 3.63) is 29.8 Å². The van der Waals surface area contributed by atoms with Gasteiger partial charge in [0.2, 0.25) is 10.0 Å². The van der Waals surface area contributed by atoms with Gasteiger partial charge in [-0.25, -0.2) is 8.42 Å². The number of benzene rings is 1. The standard InChI is InChI=1S/C13H20N2O3S.ClH/c1-9(14-11-6-7-11)13(16)10-4-3-5-12(8-10)15-19(2,17)18;/h3-5,8-9,11,13-16H,6-7H2,1-2H3;1H/t9-,13-;/m1./s1. The predicted molar refractivity (Wildman–Crippen MR) is 82.7 cm³/mol. The highest BCUT2D eigenvalue weighted by Gasteiger charge is 2.26. The van der Waals surface area contributed by atoms with Crippen LogP contribution >= 0.6 is 12.4 Å². The number of hydrogen-bond acceptors (Lipinski definition) is 4. The van der Waals surface area contributed by atoms with Gasteiger partial charge in [0.15, 0.2) is 0 Å². The van der Waals surface area contributed by atoms with Gasteiger partial charge in [0.1, 0.15) is 0 Å². The summed E-state index contributed by atoms with van der Waals surface area (Å²) in [6.45, 7) is 1.93. The summed E-state index contributed by atoms with van der Waals surface area (Å²) >= 11 is 0. The minimum atomic E-state index is -3.30. The molecule has 7 heteroatoms. The zero-order valence-electron chi connectivity index (χ0n) is 11.5. The summed E-state index contributed by atoms with van der Waals surface area (Å²) in [6, 6.07) is 7.31. The van der Waals surface area contributed by atoms with E-state index in [0.717, 1.165) is 19.1 Å². The number of anilines is 1. The highest BCUT2D eigenvalue weighted by molar-refractivity contribution is 7.92. The highest BCUT2D eigenvalue weighted by atomic mass is 35.5. The van der Waals surface area contributed by atoms with Crippen molar-refractivity contribution in [3.8, 4) is 0 Å². The molecule has 0 heterocycles. The lowest BCUT2D eigenvalue weighted by atomic mass is 10.0. The Balaban J connectivity index is 0.00000200. The van der Waals surface area contributed by atoms with Gasteiger partial charge in [0.05, 0.1) is 12.4 Å². The van der Waals surface area contributed by atoms with E-state index in [9.17, 15) is 13.5 Å². The van der Waals surface area contributed by atoms with Crippen molar-refractivity contribution in [1.82, 2.24) is 5.32 Å². The van der Waals surface area contributed by atoms with E-state index >= 15 is 0 Å². The minimum Gasteiger partial charge on any atom is -0.387 e. The second-order valence-corrected chi connectivity index (χ2v) is 6.92. The second kappa shape index (κ2) is 6.76. The minimum absolute atomic E-state index is 0. The number of hydrogen-bond donors (Lipinski definition) is 3. The molecule has 114 valence electrons. The molecule has 0 spiro atoms. The van der Waals surface area contributed by atoms with Gasteiger partial charge in [-0.2, -0.15) is 0 Å². The number of aliphatic hydroxyl groups is 1. The van der Waals surface area contributed by atoms with Crippen LogP contribution in [-0.2, 0) is 10.0 Å². The molecule has 5 nitrogen and oxygen atoms in total. The van der Waals surface area contributed by atoms with Gasteiger partial charge < -0.3 is 10.4 Å². The van der Waals surface area contributed by atoms with Gasteiger partial charge in [-0.3, -0.25) is 4.72 Å². The van der Waals surface area contributed by atoms with Crippen molar-refractivity contribution in [3.63, 3.8) is 0 Å². The molecule has 0 bridgehead atoms. The molecule has 0 aliphatic heterocycles. The number of rotatable bonds is 6. The molecule has 0 unspecified atom stereocenters. The van der Waals surface area contributed by atoms with Crippen molar-refractivity contribution < 1.29 is 13.5 Å². The van der Waals surface area contributed by atoms with Crippen LogP contribution < -0.4 is 10.0 Å². The van der Waals surface area contributed by atoms with Crippen LogP contribution in [0, 0.1) is 0 Å². The number of nitrogens with one attached hydrogen (secondary N) is 2. The summed E-state index contributed by atoms with van der Waals surface area (Å²) < 4.78 is 24.8. The average molecular weight is 321 g/mol. The van der Waals surface area contributed by atoms with Gasteiger partial charge in [0.25, 0.3) is 0 Å². The van der Waals surface area contributed by atoms with Crippen LogP contribution in [0.1, 0.15) is 31.4 Å². The zero-order valence-corrected chi connectivity index (χ0v) is 13.2. The normalized spacial score (nSPS) is 17.9. The van der Waals surface area contributed by atoms with E-state index in [4.69, 9.17) is 0 Å². The van der Waals surface area contributed by atoms with E-state index in [0.29, 0.717) is 17.3 Å². The van der Waals surface area contributed by atoms with Gasteiger partial charge in [-0.1, -0.05) is 12.1 Å².